The summed E-state index contributed by atoms with van der Waals surface area (Å²) in [5.41, 5.74) is 0. The van der Waals surface area contributed by atoms with Crippen LogP contribution in [-0.4, -0.2) is 36.6 Å². The lowest BCUT2D eigenvalue weighted by atomic mass is 10.1. The highest BCUT2D eigenvalue weighted by atomic mass is 15.2. The summed E-state index contributed by atoms with van der Waals surface area (Å²) in [7, 11) is 0. The van der Waals surface area contributed by atoms with Crippen molar-refractivity contribution < 1.29 is 0 Å². The Bertz CT molecular complexity index is 181. The van der Waals surface area contributed by atoms with E-state index in [2.05, 4.69) is 24.1 Å². The van der Waals surface area contributed by atoms with Crippen molar-refractivity contribution in [2.45, 2.75) is 51.6 Å². The lowest BCUT2D eigenvalue weighted by Crippen LogP contribution is -2.46. The van der Waals surface area contributed by atoms with Crippen LogP contribution < -0.4 is 5.32 Å². The molecule has 1 aliphatic carbocycles. The zero-order chi connectivity index (χ0) is 9.97. The molecule has 1 saturated heterocycles. The smallest absolute Gasteiger partial charge is 0.0195 e. The summed E-state index contributed by atoms with van der Waals surface area (Å²) in [4.78, 5) is 2.71. The predicted molar refractivity (Wildman–Crippen MR) is 60.5 cm³/mol. The molecule has 2 nitrogen and oxygen atoms in total. The Balaban J connectivity index is 1.73. The minimum Gasteiger partial charge on any atom is -0.313 e. The summed E-state index contributed by atoms with van der Waals surface area (Å²) in [5.74, 6) is 0.972. The van der Waals surface area contributed by atoms with Crippen molar-refractivity contribution in [1.82, 2.24) is 10.2 Å². The van der Waals surface area contributed by atoms with E-state index in [1.54, 1.807) is 0 Å². The van der Waals surface area contributed by atoms with E-state index < -0.39 is 0 Å². The van der Waals surface area contributed by atoms with Gasteiger partial charge in [-0.25, -0.2) is 0 Å². The van der Waals surface area contributed by atoms with Crippen molar-refractivity contribution in [3.63, 3.8) is 0 Å². The third kappa shape index (κ3) is 2.48. The molecule has 2 fully saturated rings. The van der Waals surface area contributed by atoms with E-state index in [0.29, 0.717) is 0 Å². The van der Waals surface area contributed by atoms with E-state index >= 15 is 0 Å². The first-order valence-electron chi connectivity index (χ1n) is 6.28. The van der Waals surface area contributed by atoms with Crippen LogP contribution in [0.4, 0.5) is 0 Å². The molecule has 0 bridgehead atoms. The molecule has 1 N–H and O–H groups in total. The van der Waals surface area contributed by atoms with Crippen LogP contribution in [0.3, 0.4) is 0 Å². The van der Waals surface area contributed by atoms with E-state index in [1.807, 2.05) is 0 Å². The second-order valence-electron chi connectivity index (χ2n) is 5.07. The Labute approximate surface area is 88.1 Å². The van der Waals surface area contributed by atoms with Gasteiger partial charge in [0.15, 0.2) is 0 Å². The number of hydrogen-bond donors (Lipinski definition) is 1. The van der Waals surface area contributed by atoms with Crippen LogP contribution in [-0.2, 0) is 0 Å². The molecule has 2 heteroatoms. The van der Waals surface area contributed by atoms with Crippen molar-refractivity contribution in [1.29, 1.82) is 0 Å². The largest absolute Gasteiger partial charge is 0.313 e. The van der Waals surface area contributed by atoms with Crippen LogP contribution in [0, 0.1) is 5.92 Å². The fourth-order valence-electron chi connectivity index (χ4n) is 2.63. The van der Waals surface area contributed by atoms with Crippen LogP contribution in [0.15, 0.2) is 0 Å². The Kier molecular flexibility index (Phi) is 3.45. The number of rotatable bonds is 4. The summed E-state index contributed by atoms with van der Waals surface area (Å²) in [6.45, 7) is 8.47. The van der Waals surface area contributed by atoms with Gasteiger partial charge in [0.1, 0.15) is 0 Å². The van der Waals surface area contributed by atoms with Crippen LogP contribution in [0.1, 0.15) is 39.5 Å². The first kappa shape index (κ1) is 10.4. The quantitative estimate of drug-likeness (QED) is 0.738. The third-order valence-corrected chi connectivity index (χ3v) is 3.67. The summed E-state index contributed by atoms with van der Waals surface area (Å²) in [5, 5.41) is 3.66. The Morgan fingerprint density at radius 3 is 2.86 bits per heavy atom. The number of nitrogens with zero attached hydrogens (tertiary/aromatic N) is 1. The number of piperidine rings is 1. The highest BCUT2D eigenvalue weighted by Gasteiger charge is 2.39. The zero-order valence-electron chi connectivity index (χ0n) is 9.63. The topological polar surface area (TPSA) is 15.3 Å². The maximum atomic E-state index is 3.66. The highest BCUT2D eigenvalue weighted by molar-refractivity contribution is 4.95. The van der Waals surface area contributed by atoms with E-state index in [0.717, 1.165) is 18.0 Å². The van der Waals surface area contributed by atoms with Crippen molar-refractivity contribution in [3.8, 4) is 0 Å². The molecule has 3 atom stereocenters. The third-order valence-electron chi connectivity index (χ3n) is 3.67. The van der Waals surface area contributed by atoms with Gasteiger partial charge < -0.3 is 5.32 Å². The van der Waals surface area contributed by atoms with Crippen molar-refractivity contribution in [2.75, 3.05) is 19.6 Å². The molecule has 0 amide bonds. The minimum absolute atomic E-state index is 0.775. The van der Waals surface area contributed by atoms with Crippen LogP contribution in [0.5, 0.6) is 0 Å². The van der Waals surface area contributed by atoms with E-state index in [1.165, 1.54) is 45.3 Å². The monoisotopic (exact) mass is 196 g/mol. The van der Waals surface area contributed by atoms with Gasteiger partial charge in [-0.2, -0.15) is 0 Å². The van der Waals surface area contributed by atoms with Crippen LogP contribution >= 0.6 is 0 Å². The molecule has 1 saturated carbocycles. The Hall–Kier alpha value is -0.0800. The van der Waals surface area contributed by atoms with Gasteiger partial charge in [-0.15, -0.1) is 0 Å². The Morgan fingerprint density at radius 2 is 2.21 bits per heavy atom. The molecular weight excluding hydrogens is 172 g/mol. The van der Waals surface area contributed by atoms with Gasteiger partial charge in [-0.3, -0.25) is 4.90 Å². The first-order chi connectivity index (χ1) is 6.81. The number of hydrogen-bond acceptors (Lipinski definition) is 2. The molecule has 0 radical (unpaired) electrons. The van der Waals surface area contributed by atoms with Gasteiger partial charge >= 0.3 is 0 Å². The molecule has 1 heterocycles. The number of likely N-dealkylation sites (tertiary alicyclic amines) is 1. The second-order valence-corrected chi connectivity index (χ2v) is 5.07. The summed E-state index contributed by atoms with van der Waals surface area (Å²) in [6.07, 6.45) is 5.49. The molecule has 1 aliphatic heterocycles. The van der Waals surface area contributed by atoms with Crippen LogP contribution in [0.2, 0.25) is 0 Å². The average Bonchev–Trinajstić information content (AvgIpc) is 2.93. The lowest BCUT2D eigenvalue weighted by molar-refractivity contribution is 0.176. The van der Waals surface area contributed by atoms with Crippen molar-refractivity contribution in [3.05, 3.63) is 0 Å². The van der Waals surface area contributed by atoms with E-state index in [4.69, 9.17) is 0 Å². The summed E-state index contributed by atoms with van der Waals surface area (Å²) < 4.78 is 0. The van der Waals surface area contributed by atoms with Crippen molar-refractivity contribution >= 4 is 0 Å². The fourth-order valence-corrected chi connectivity index (χ4v) is 2.63. The standard InChI is InChI=1S/C12H24N2/c1-3-6-13-11-5-4-7-14(9-11)12-8-10(12)2/h10-13H,3-9H2,1-2H3. The van der Waals surface area contributed by atoms with Gasteiger partial charge in [0.2, 0.25) is 0 Å². The SMILES string of the molecule is CCCNC1CCCN(C2CC2C)C1. The molecule has 0 aromatic heterocycles. The zero-order valence-corrected chi connectivity index (χ0v) is 9.63. The molecule has 82 valence electrons. The van der Waals surface area contributed by atoms with Gasteiger partial charge in [-0.05, 0) is 44.7 Å². The van der Waals surface area contributed by atoms with Gasteiger partial charge in [0.25, 0.3) is 0 Å². The molecular formula is C12H24N2. The van der Waals surface area contributed by atoms with Gasteiger partial charge in [0, 0.05) is 18.6 Å². The molecule has 3 unspecified atom stereocenters. The fraction of sp³-hybridized carbons (Fsp3) is 1.00. The normalized spacial score (nSPS) is 38.6. The maximum absolute atomic E-state index is 3.66. The lowest BCUT2D eigenvalue weighted by Gasteiger charge is -2.33. The highest BCUT2D eigenvalue weighted by Crippen LogP contribution is 2.36. The average molecular weight is 196 g/mol. The molecule has 14 heavy (non-hydrogen) atoms. The molecule has 2 rings (SSSR count). The van der Waals surface area contributed by atoms with E-state index in [-0.39, 0.29) is 0 Å². The van der Waals surface area contributed by atoms with Crippen LogP contribution in [0.25, 0.3) is 0 Å². The molecule has 0 aromatic carbocycles. The summed E-state index contributed by atoms with van der Waals surface area (Å²) >= 11 is 0. The molecule has 0 spiro atoms. The molecule has 2 aliphatic rings. The van der Waals surface area contributed by atoms with Gasteiger partial charge in [-0.1, -0.05) is 13.8 Å². The summed E-state index contributed by atoms with van der Waals surface area (Å²) in [6, 6.07) is 1.71. The Morgan fingerprint density at radius 1 is 1.43 bits per heavy atom. The maximum Gasteiger partial charge on any atom is 0.0195 e. The van der Waals surface area contributed by atoms with Crippen molar-refractivity contribution in [2.24, 2.45) is 5.92 Å². The number of nitrogens with one attached hydrogen (secondary N) is 1. The second kappa shape index (κ2) is 4.63. The minimum atomic E-state index is 0.775. The predicted octanol–water partition coefficient (Wildman–Crippen LogP) is 1.86. The van der Waals surface area contributed by atoms with Gasteiger partial charge in [0.05, 0.1) is 0 Å². The van der Waals surface area contributed by atoms with E-state index in [9.17, 15) is 0 Å². The first-order valence-corrected chi connectivity index (χ1v) is 6.28. The molecule has 0 aromatic rings.